The molecular formula is C4H4N2O2S. The molecule has 0 bridgehead atoms. The van der Waals surface area contributed by atoms with Gasteiger partial charge < -0.3 is 10.8 Å². The molecule has 9 heavy (non-hydrogen) atoms. The number of carboxylic acid groups (broad SMARTS) is 1. The SMILES string of the molecule is Nc1cc(C(=O)O)sn1. The Balaban J connectivity index is 2.98. The molecular weight excluding hydrogens is 140 g/mol. The zero-order chi connectivity index (χ0) is 6.85. The number of nitrogens with zero attached hydrogens (tertiary/aromatic N) is 1. The second kappa shape index (κ2) is 2.02. The lowest BCUT2D eigenvalue weighted by atomic mass is 10.5. The van der Waals surface area contributed by atoms with Crippen molar-refractivity contribution in [2.75, 3.05) is 5.73 Å². The monoisotopic (exact) mass is 144 g/mol. The van der Waals surface area contributed by atoms with E-state index in [-0.39, 0.29) is 10.7 Å². The number of anilines is 1. The Morgan fingerprint density at radius 3 is 2.78 bits per heavy atom. The van der Waals surface area contributed by atoms with Gasteiger partial charge in [-0.1, -0.05) is 0 Å². The smallest absolute Gasteiger partial charge is 0.347 e. The molecule has 1 heterocycles. The van der Waals surface area contributed by atoms with Crippen molar-refractivity contribution in [3.05, 3.63) is 10.9 Å². The fourth-order valence-corrected chi connectivity index (χ4v) is 0.898. The first-order chi connectivity index (χ1) is 4.20. The molecule has 48 valence electrons. The van der Waals surface area contributed by atoms with E-state index in [9.17, 15) is 4.79 Å². The van der Waals surface area contributed by atoms with Crippen LogP contribution in [0.15, 0.2) is 6.07 Å². The van der Waals surface area contributed by atoms with E-state index in [2.05, 4.69) is 4.37 Å². The highest BCUT2D eigenvalue weighted by Crippen LogP contribution is 2.09. The van der Waals surface area contributed by atoms with Crippen LogP contribution in [0, 0.1) is 0 Å². The lowest BCUT2D eigenvalue weighted by Crippen LogP contribution is -1.90. The zero-order valence-corrected chi connectivity index (χ0v) is 5.18. The number of nitrogens with two attached hydrogens (primary N) is 1. The molecule has 5 heteroatoms. The fraction of sp³-hybridized carbons (Fsp3) is 0. The van der Waals surface area contributed by atoms with E-state index in [0.717, 1.165) is 11.5 Å². The van der Waals surface area contributed by atoms with Gasteiger partial charge in [-0.3, -0.25) is 0 Å². The quantitative estimate of drug-likeness (QED) is 0.599. The van der Waals surface area contributed by atoms with Gasteiger partial charge in [-0.2, -0.15) is 4.37 Å². The summed E-state index contributed by atoms with van der Waals surface area (Å²) >= 11 is 0.883. The average molecular weight is 144 g/mol. The van der Waals surface area contributed by atoms with E-state index in [1.807, 2.05) is 0 Å². The van der Waals surface area contributed by atoms with E-state index in [1.165, 1.54) is 6.07 Å². The van der Waals surface area contributed by atoms with E-state index in [0.29, 0.717) is 0 Å². The topological polar surface area (TPSA) is 76.2 Å². The number of carboxylic acids is 1. The van der Waals surface area contributed by atoms with Gasteiger partial charge in [0.05, 0.1) is 0 Å². The number of aromatic carboxylic acids is 1. The summed E-state index contributed by atoms with van der Waals surface area (Å²) in [5.41, 5.74) is 5.15. The summed E-state index contributed by atoms with van der Waals surface area (Å²) in [5.74, 6) is -0.721. The maximum atomic E-state index is 10.1. The molecule has 0 saturated carbocycles. The lowest BCUT2D eigenvalue weighted by molar-refractivity contribution is 0.0702. The third-order valence-electron chi connectivity index (χ3n) is 0.739. The predicted octanol–water partition coefficient (Wildman–Crippen LogP) is 0.424. The molecule has 1 aromatic heterocycles. The van der Waals surface area contributed by atoms with Crippen LogP contribution in [0.3, 0.4) is 0 Å². The van der Waals surface area contributed by atoms with Crippen molar-refractivity contribution < 1.29 is 9.90 Å². The Bertz CT molecular complexity index is 232. The molecule has 0 fully saturated rings. The van der Waals surface area contributed by atoms with Crippen molar-refractivity contribution in [2.24, 2.45) is 0 Å². The first-order valence-corrected chi connectivity index (χ1v) is 2.93. The Morgan fingerprint density at radius 2 is 2.56 bits per heavy atom. The molecule has 0 aliphatic carbocycles. The van der Waals surface area contributed by atoms with E-state index < -0.39 is 5.97 Å². The van der Waals surface area contributed by atoms with Gasteiger partial charge in [-0.25, -0.2) is 4.79 Å². The summed E-state index contributed by atoms with van der Waals surface area (Å²) in [6.07, 6.45) is 0. The summed E-state index contributed by atoms with van der Waals surface area (Å²) in [5, 5.41) is 8.31. The van der Waals surface area contributed by atoms with Gasteiger partial charge in [-0.05, 0) is 11.5 Å². The van der Waals surface area contributed by atoms with Crippen molar-refractivity contribution >= 4 is 23.3 Å². The Labute approximate surface area is 55.1 Å². The van der Waals surface area contributed by atoms with Crippen LogP contribution in [0.25, 0.3) is 0 Å². The molecule has 0 amide bonds. The first kappa shape index (κ1) is 6.03. The molecule has 1 aromatic rings. The highest BCUT2D eigenvalue weighted by molar-refractivity contribution is 7.08. The van der Waals surface area contributed by atoms with Crippen molar-refractivity contribution in [3.63, 3.8) is 0 Å². The minimum atomic E-state index is -0.982. The minimum Gasteiger partial charge on any atom is -0.477 e. The van der Waals surface area contributed by atoms with Crippen LogP contribution in [-0.2, 0) is 0 Å². The molecule has 0 unspecified atom stereocenters. The number of carbonyl (C=O) groups is 1. The number of aromatic nitrogens is 1. The Kier molecular flexibility index (Phi) is 1.35. The highest BCUT2D eigenvalue weighted by Gasteiger charge is 2.04. The molecule has 0 aliphatic rings. The minimum absolute atomic E-state index is 0.174. The maximum Gasteiger partial charge on any atom is 0.347 e. The molecule has 3 N–H and O–H groups in total. The van der Waals surface area contributed by atoms with Gasteiger partial charge in [-0.15, -0.1) is 0 Å². The lowest BCUT2D eigenvalue weighted by Gasteiger charge is -1.77. The molecule has 0 aromatic carbocycles. The third kappa shape index (κ3) is 1.17. The number of hydrogen-bond acceptors (Lipinski definition) is 4. The van der Waals surface area contributed by atoms with Gasteiger partial charge in [0.2, 0.25) is 0 Å². The molecule has 0 saturated heterocycles. The predicted molar refractivity (Wildman–Crippen MR) is 33.5 cm³/mol. The van der Waals surface area contributed by atoms with Crippen LogP contribution in [0.5, 0.6) is 0 Å². The standard InChI is InChI=1S/C4H4N2O2S/c5-3-1-2(4(7)8)9-6-3/h1H,(H2,5,6)(H,7,8). The average Bonchev–Trinajstić information content (AvgIpc) is 2.14. The summed E-state index contributed by atoms with van der Waals surface area (Å²) in [6, 6.07) is 1.33. The summed E-state index contributed by atoms with van der Waals surface area (Å²) in [7, 11) is 0. The van der Waals surface area contributed by atoms with Crippen LogP contribution in [0.4, 0.5) is 5.82 Å². The van der Waals surface area contributed by atoms with Crippen LogP contribution < -0.4 is 5.73 Å². The van der Waals surface area contributed by atoms with E-state index in [1.54, 1.807) is 0 Å². The molecule has 0 spiro atoms. The largest absolute Gasteiger partial charge is 0.477 e. The van der Waals surface area contributed by atoms with Gasteiger partial charge >= 0.3 is 5.97 Å². The Hall–Kier alpha value is -1.10. The van der Waals surface area contributed by atoms with Gasteiger partial charge in [0.1, 0.15) is 10.7 Å². The molecule has 0 atom stereocenters. The summed E-state index contributed by atoms with van der Waals surface area (Å²) < 4.78 is 3.58. The second-order valence-electron chi connectivity index (χ2n) is 1.42. The molecule has 0 radical (unpaired) electrons. The number of nitrogen functional groups attached to an aromatic ring is 1. The number of hydrogen-bond donors (Lipinski definition) is 2. The third-order valence-corrected chi connectivity index (χ3v) is 1.53. The van der Waals surface area contributed by atoms with Crippen molar-refractivity contribution in [3.8, 4) is 0 Å². The van der Waals surface area contributed by atoms with Gasteiger partial charge in [0, 0.05) is 6.07 Å². The van der Waals surface area contributed by atoms with E-state index in [4.69, 9.17) is 10.8 Å². The fourth-order valence-electron chi connectivity index (χ4n) is 0.390. The second-order valence-corrected chi connectivity index (χ2v) is 2.23. The molecule has 1 rings (SSSR count). The van der Waals surface area contributed by atoms with Gasteiger partial charge in [0.25, 0.3) is 0 Å². The van der Waals surface area contributed by atoms with Crippen LogP contribution in [-0.4, -0.2) is 15.4 Å². The van der Waals surface area contributed by atoms with Crippen LogP contribution in [0.2, 0.25) is 0 Å². The van der Waals surface area contributed by atoms with Crippen LogP contribution >= 0.6 is 11.5 Å². The zero-order valence-electron chi connectivity index (χ0n) is 4.37. The van der Waals surface area contributed by atoms with Crippen LogP contribution in [0.1, 0.15) is 9.67 Å². The van der Waals surface area contributed by atoms with Gasteiger partial charge in [0.15, 0.2) is 0 Å². The van der Waals surface area contributed by atoms with Crippen molar-refractivity contribution in [2.45, 2.75) is 0 Å². The normalized spacial score (nSPS) is 9.33. The first-order valence-electron chi connectivity index (χ1n) is 2.15. The Morgan fingerprint density at radius 1 is 1.89 bits per heavy atom. The maximum absolute atomic E-state index is 10.1. The summed E-state index contributed by atoms with van der Waals surface area (Å²) in [6.45, 7) is 0. The molecule has 0 aliphatic heterocycles. The number of rotatable bonds is 1. The van der Waals surface area contributed by atoms with E-state index >= 15 is 0 Å². The summed E-state index contributed by atoms with van der Waals surface area (Å²) in [4.78, 5) is 10.3. The molecule has 4 nitrogen and oxygen atoms in total. The van der Waals surface area contributed by atoms with Crippen molar-refractivity contribution in [1.82, 2.24) is 4.37 Å². The van der Waals surface area contributed by atoms with Crippen molar-refractivity contribution in [1.29, 1.82) is 0 Å². The highest BCUT2D eigenvalue weighted by atomic mass is 32.1.